The summed E-state index contributed by atoms with van der Waals surface area (Å²) < 4.78 is 16.4. The Hall–Kier alpha value is -3.15. The van der Waals surface area contributed by atoms with Gasteiger partial charge >= 0.3 is 0 Å². The number of hydrogen-bond acceptors (Lipinski definition) is 6. The summed E-state index contributed by atoms with van der Waals surface area (Å²) in [7, 11) is 0. The summed E-state index contributed by atoms with van der Waals surface area (Å²) in [6.45, 7) is 0.235. The van der Waals surface area contributed by atoms with Crippen LogP contribution in [-0.2, 0) is 29.5 Å². The molecule has 3 aromatic rings. The van der Waals surface area contributed by atoms with Crippen LogP contribution in [0.25, 0.3) is 11.3 Å². The lowest BCUT2D eigenvalue weighted by molar-refractivity contribution is -0.120. The molecule has 1 aliphatic heterocycles. The van der Waals surface area contributed by atoms with Gasteiger partial charge in [-0.2, -0.15) is 0 Å². The van der Waals surface area contributed by atoms with Crippen molar-refractivity contribution in [2.75, 3.05) is 6.79 Å². The number of hydrogen-bond donors (Lipinski definition) is 0. The first-order valence-electron chi connectivity index (χ1n) is 9.58. The molecule has 0 radical (unpaired) electrons. The Morgan fingerprint density at radius 1 is 1.11 bits per heavy atom. The van der Waals surface area contributed by atoms with Crippen molar-refractivity contribution in [1.29, 1.82) is 0 Å². The van der Waals surface area contributed by atoms with Gasteiger partial charge in [0.15, 0.2) is 17.3 Å². The van der Waals surface area contributed by atoms with Gasteiger partial charge in [-0.05, 0) is 48.6 Å². The Kier molecular flexibility index (Phi) is 3.21. The number of ether oxygens (including phenoxy) is 2. The molecule has 1 saturated carbocycles. The van der Waals surface area contributed by atoms with Crippen LogP contribution in [0.15, 0.2) is 41.1 Å². The maximum Gasteiger partial charge on any atom is 0.231 e. The first-order chi connectivity index (χ1) is 13.7. The van der Waals surface area contributed by atoms with E-state index in [0.717, 1.165) is 59.6 Å². The quantitative estimate of drug-likeness (QED) is 0.697. The molecule has 0 amide bonds. The lowest BCUT2D eigenvalue weighted by Crippen LogP contribution is -2.23. The molecule has 2 aliphatic carbocycles. The number of rotatable bonds is 4. The summed E-state index contributed by atoms with van der Waals surface area (Å²) in [6, 6.07) is 7.75. The second-order valence-electron chi connectivity index (χ2n) is 7.67. The lowest BCUT2D eigenvalue weighted by Gasteiger charge is -2.17. The molecule has 0 N–H and O–H groups in total. The van der Waals surface area contributed by atoms with E-state index < -0.39 is 5.41 Å². The molecule has 0 unspecified atom stereocenters. The van der Waals surface area contributed by atoms with Gasteiger partial charge in [0.1, 0.15) is 11.6 Å². The molecule has 0 bridgehead atoms. The van der Waals surface area contributed by atoms with E-state index in [9.17, 15) is 4.79 Å². The number of aryl methyl sites for hydroxylation is 2. The summed E-state index contributed by atoms with van der Waals surface area (Å²) >= 11 is 0. The van der Waals surface area contributed by atoms with Crippen molar-refractivity contribution in [2.24, 2.45) is 0 Å². The number of ketones is 1. The Labute approximate surface area is 161 Å². The fourth-order valence-corrected chi connectivity index (χ4v) is 4.30. The molecule has 3 heterocycles. The SMILES string of the molecule is O=C(Cc1ncc2c(n1)-c1ccoc1CC2)C1(c2ccc3c(c2)OCO3)CC1. The Balaban J connectivity index is 1.29. The van der Waals surface area contributed by atoms with Crippen LogP contribution in [0.1, 0.15) is 35.6 Å². The van der Waals surface area contributed by atoms with Crippen LogP contribution >= 0.6 is 0 Å². The monoisotopic (exact) mass is 374 g/mol. The number of carbonyl (C=O) groups is 1. The molecule has 0 atom stereocenters. The molecular formula is C22H18N2O4. The number of furan rings is 1. The Bertz CT molecular complexity index is 1110. The van der Waals surface area contributed by atoms with Gasteiger partial charge in [-0.3, -0.25) is 4.79 Å². The lowest BCUT2D eigenvalue weighted by atomic mass is 9.89. The van der Waals surface area contributed by atoms with Crippen LogP contribution in [0.3, 0.4) is 0 Å². The number of fused-ring (bicyclic) bond motifs is 4. The first kappa shape index (κ1) is 15.9. The maximum absolute atomic E-state index is 13.2. The topological polar surface area (TPSA) is 74.5 Å². The molecular weight excluding hydrogens is 356 g/mol. The average Bonchev–Trinajstić information content (AvgIpc) is 3.16. The number of Topliss-reactive ketones (excluding diaryl/α,β-unsaturated/α-hetero) is 1. The van der Waals surface area contributed by atoms with Crippen molar-refractivity contribution in [3.63, 3.8) is 0 Å². The highest BCUT2D eigenvalue weighted by atomic mass is 16.7. The average molecular weight is 374 g/mol. The standard InChI is InChI=1S/C22H18N2O4/c25-19(22(6-7-22)14-2-4-17-18(9-14)28-12-27-17)10-20-23-11-13-1-3-16-15(5-8-26-16)21(13)24-20/h2,4-5,8-9,11H,1,3,6-7,10,12H2. The molecule has 1 aromatic carbocycles. The van der Waals surface area contributed by atoms with Crippen LogP contribution in [0, 0.1) is 0 Å². The van der Waals surface area contributed by atoms with E-state index in [1.54, 1.807) is 6.26 Å². The third-order valence-electron chi connectivity index (χ3n) is 6.06. The summed E-state index contributed by atoms with van der Waals surface area (Å²) in [5.41, 5.74) is 3.59. The Morgan fingerprint density at radius 3 is 2.89 bits per heavy atom. The number of nitrogens with zero attached hydrogens (tertiary/aromatic N) is 2. The van der Waals surface area contributed by atoms with Gasteiger partial charge in [0.2, 0.25) is 6.79 Å². The second kappa shape index (κ2) is 5.67. The zero-order valence-electron chi connectivity index (χ0n) is 15.2. The van der Waals surface area contributed by atoms with Gasteiger partial charge in [0, 0.05) is 18.2 Å². The number of carbonyl (C=O) groups excluding carboxylic acids is 1. The van der Waals surface area contributed by atoms with Crippen LogP contribution in [-0.4, -0.2) is 22.5 Å². The van der Waals surface area contributed by atoms with E-state index in [0.29, 0.717) is 11.6 Å². The fraction of sp³-hybridized carbons (Fsp3) is 0.318. The minimum absolute atomic E-state index is 0.162. The van der Waals surface area contributed by atoms with E-state index in [-0.39, 0.29) is 19.0 Å². The predicted octanol–water partition coefficient (Wildman–Crippen LogP) is 3.41. The van der Waals surface area contributed by atoms with Gasteiger partial charge in [-0.1, -0.05) is 6.07 Å². The minimum atomic E-state index is -0.443. The summed E-state index contributed by atoms with van der Waals surface area (Å²) in [4.78, 5) is 22.4. The summed E-state index contributed by atoms with van der Waals surface area (Å²) in [5.74, 6) is 3.15. The van der Waals surface area contributed by atoms with Gasteiger partial charge in [0.25, 0.3) is 0 Å². The van der Waals surface area contributed by atoms with Crippen molar-refractivity contribution in [2.45, 2.75) is 37.5 Å². The van der Waals surface area contributed by atoms with Crippen molar-refractivity contribution in [1.82, 2.24) is 9.97 Å². The molecule has 2 aromatic heterocycles. The molecule has 0 saturated heterocycles. The normalized spacial score (nSPS) is 17.7. The fourth-order valence-electron chi connectivity index (χ4n) is 4.30. The molecule has 3 aliphatic rings. The van der Waals surface area contributed by atoms with Crippen LogP contribution in [0.4, 0.5) is 0 Å². The van der Waals surface area contributed by atoms with Gasteiger partial charge in [-0.25, -0.2) is 9.97 Å². The van der Waals surface area contributed by atoms with Gasteiger partial charge < -0.3 is 13.9 Å². The molecule has 28 heavy (non-hydrogen) atoms. The predicted molar refractivity (Wildman–Crippen MR) is 99.3 cm³/mol. The van der Waals surface area contributed by atoms with E-state index in [1.165, 1.54) is 0 Å². The van der Waals surface area contributed by atoms with E-state index in [2.05, 4.69) is 4.98 Å². The van der Waals surface area contributed by atoms with Gasteiger partial charge in [-0.15, -0.1) is 0 Å². The van der Waals surface area contributed by atoms with Crippen molar-refractivity contribution < 1.29 is 18.7 Å². The van der Waals surface area contributed by atoms with E-state index in [1.807, 2.05) is 30.5 Å². The molecule has 0 spiro atoms. The van der Waals surface area contributed by atoms with Crippen molar-refractivity contribution in [3.8, 4) is 22.8 Å². The second-order valence-corrected chi connectivity index (χ2v) is 7.67. The molecule has 1 fully saturated rings. The van der Waals surface area contributed by atoms with Crippen molar-refractivity contribution >= 4 is 5.78 Å². The minimum Gasteiger partial charge on any atom is -0.469 e. The number of aromatic nitrogens is 2. The molecule has 6 heteroatoms. The third kappa shape index (κ3) is 2.30. The van der Waals surface area contributed by atoms with Crippen LogP contribution < -0.4 is 9.47 Å². The van der Waals surface area contributed by atoms with E-state index in [4.69, 9.17) is 18.9 Å². The largest absolute Gasteiger partial charge is 0.469 e. The summed E-state index contributed by atoms with van der Waals surface area (Å²) in [5, 5.41) is 0. The highest BCUT2D eigenvalue weighted by Gasteiger charge is 2.51. The van der Waals surface area contributed by atoms with E-state index >= 15 is 0 Å². The van der Waals surface area contributed by atoms with Crippen molar-refractivity contribution in [3.05, 3.63) is 59.4 Å². The zero-order valence-corrected chi connectivity index (χ0v) is 15.2. The third-order valence-corrected chi connectivity index (χ3v) is 6.06. The maximum atomic E-state index is 13.2. The van der Waals surface area contributed by atoms with Crippen LogP contribution in [0.5, 0.6) is 11.5 Å². The van der Waals surface area contributed by atoms with Gasteiger partial charge in [0.05, 0.1) is 23.8 Å². The smallest absolute Gasteiger partial charge is 0.231 e. The highest BCUT2D eigenvalue weighted by molar-refractivity contribution is 5.94. The molecule has 140 valence electrons. The Morgan fingerprint density at radius 2 is 2.00 bits per heavy atom. The zero-order chi connectivity index (χ0) is 18.7. The highest BCUT2D eigenvalue weighted by Crippen LogP contribution is 2.51. The first-order valence-corrected chi connectivity index (χ1v) is 9.58. The molecule has 6 rings (SSSR count). The van der Waals surface area contributed by atoms with Crippen LogP contribution in [0.2, 0.25) is 0 Å². The molecule has 6 nitrogen and oxygen atoms in total. The number of benzene rings is 1. The summed E-state index contributed by atoms with van der Waals surface area (Å²) in [6.07, 6.45) is 7.22.